The van der Waals surface area contributed by atoms with E-state index in [4.69, 9.17) is 0 Å². The second-order valence-electron chi connectivity index (χ2n) is 9.04. The highest BCUT2D eigenvalue weighted by Crippen LogP contribution is 2.50. The van der Waals surface area contributed by atoms with Gasteiger partial charge < -0.3 is 10.2 Å². The molecule has 1 atom stereocenters. The molecule has 0 unspecified atom stereocenters. The van der Waals surface area contributed by atoms with E-state index in [2.05, 4.69) is 5.32 Å². The van der Waals surface area contributed by atoms with Crippen LogP contribution in [0.15, 0.2) is 72.8 Å². The van der Waals surface area contributed by atoms with Crippen LogP contribution in [0.5, 0.6) is 0 Å². The highest BCUT2D eigenvalue weighted by Gasteiger charge is 2.60. The van der Waals surface area contributed by atoms with Crippen LogP contribution < -0.4 is 15.1 Å². The molecular formula is C28H25F3N4O3. The number of amides is 3. The molecule has 0 saturated heterocycles. The molecule has 196 valence electrons. The zero-order valence-corrected chi connectivity index (χ0v) is 20.7. The number of anilines is 3. The van der Waals surface area contributed by atoms with Crippen LogP contribution in [0.2, 0.25) is 0 Å². The van der Waals surface area contributed by atoms with Gasteiger partial charge in [-0.1, -0.05) is 36.4 Å². The van der Waals surface area contributed by atoms with Gasteiger partial charge in [0.15, 0.2) is 0 Å². The molecule has 0 fully saturated rings. The van der Waals surface area contributed by atoms with E-state index in [0.717, 1.165) is 17.0 Å². The minimum absolute atomic E-state index is 0.105. The lowest BCUT2D eigenvalue weighted by Crippen LogP contribution is -2.63. The van der Waals surface area contributed by atoms with Gasteiger partial charge in [0.2, 0.25) is 11.6 Å². The van der Waals surface area contributed by atoms with E-state index in [1.807, 2.05) is 13.8 Å². The lowest BCUT2D eigenvalue weighted by molar-refractivity contribution is -0.137. The first-order valence-corrected chi connectivity index (χ1v) is 12.2. The fraction of sp³-hybridized carbons (Fsp3) is 0.250. The number of alkyl halides is 3. The van der Waals surface area contributed by atoms with E-state index in [-0.39, 0.29) is 23.7 Å². The Morgan fingerprint density at radius 1 is 0.947 bits per heavy atom. The molecule has 10 heteroatoms. The maximum Gasteiger partial charge on any atom is 0.416 e. The maximum absolute atomic E-state index is 14.4. The molecule has 2 aliphatic rings. The molecule has 2 aliphatic heterocycles. The largest absolute Gasteiger partial charge is 0.416 e. The van der Waals surface area contributed by atoms with Crippen molar-refractivity contribution < 1.29 is 27.6 Å². The summed E-state index contributed by atoms with van der Waals surface area (Å²) in [5.41, 5.74) is -1.64. The molecule has 0 bridgehead atoms. The van der Waals surface area contributed by atoms with Crippen LogP contribution in [0, 0.1) is 0 Å². The van der Waals surface area contributed by atoms with Crippen molar-refractivity contribution in [3.8, 4) is 0 Å². The van der Waals surface area contributed by atoms with E-state index < -0.39 is 29.2 Å². The van der Waals surface area contributed by atoms with Gasteiger partial charge in [0, 0.05) is 30.0 Å². The van der Waals surface area contributed by atoms with Gasteiger partial charge in [-0.25, -0.2) is 0 Å². The number of rotatable bonds is 5. The van der Waals surface area contributed by atoms with Crippen molar-refractivity contribution in [1.82, 2.24) is 4.90 Å². The summed E-state index contributed by atoms with van der Waals surface area (Å²) in [4.78, 5) is 45.4. The van der Waals surface area contributed by atoms with Gasteiger partial charge in [0.05, 0.1) is 16.8 Å². The lowest BCUT2D eigenvalue weighted by atomic mass is 9.92. The van der Waals surface area contributed by atoms with Crippen molar-refractivity contribution in [3.05, 3.63) is 89.5 Å². The predicted molar refractivity (Wildman–Crippen MR) is 137 cm³/mol. The molecule has 5 rings (SSSR count). The normalized spacial score (nSPS) is 18.3. The van der Waals surface area contributed by atoms with Crippen LogP contribution in [0.1, 0.15) is 35.3 Å². The van der Waals surface area contributed by atoms with Crippen molar-refractivity contribution in [2.24, 2.45) is 0 Å². The fourth-order valence-electron chi connectivity index (χ4n) is 5.17. The summed E-state index contributed by atoms with van der Waals surface area (Å²) in [5.74, 6) is -1.57. The quantitative estimate of drug-likeness (QED) is 0.520. The Morgan fingerprint density at radius 3 is 2.34 bits per heavy atom. The fourth-order valence-corrected chi connectivity index (χ4v) is 5.17. The highest BCUT2D eigenvalue weighted by molar-refractivity contribution is 6.23. The molecule has 1 spiro atoms. The average molecular weight is 523 g/mol. The topological polar surface area (TPSA) is 73.0 Å². The second kappa shape index (κ2) is 9.20. The van der Waals surface area contributed by atoms with Crippen molar-refractivity contribution >= 4 is 34.8 Å². The third kappa shape index (κ3) is 3.79. The molecule has 0 aromatic heterocycles. The lowest BCUT2D eigenvalue weighted by Gasteiger charge is -2.45. The van der Waals surface area contributed by atoms with Gasteiger partial charge >= 0.3 is 6.18 Å². The van der Waals surface area contributed by atoms with E-state index >= 15 is 0 Å². The molecule has 0 saturated carbocycles. The molecule has 2 heterocycles. The van der Waals surface area contributed by atoms with Crippen molar-refractivity contribution in [1.29, 1.82) is 0 Å². The summed E-state index contributed by atoms with van der Waals surface area (Å²) >= 11 is 0. The molecule has 3 aromatic rings. The van der Waals surface area contributed by atoms with Crippen LogP contribution in [0.3, 0.4) is 0 Å². The number of carbonyl (C=O) groups is 3. The number of para-hydroxylation sites is 2. The van der Waals surface area contributed by atoms with Gasteiger partial charge in [-0.3, -0.25) is 24.2 Å². The minimum atomic E-state index is -4.66. The number of nitrogens with one attached hydrogen (secondary N) is 1. The molecule has 3 amide bonds. The zero-order chi connectivity index (χ0) is 27.2. The van der Waals surface area contributed by atoms with E-state index in [1.54, 1.807) is 53.4 Å². The molecule has 0 aliphatic carbocycles. The van der Waals surface area contributed by atoms with E-state index in [1.165, 1.54) is 17.0 Å². The summed E-state index contributed by atoms with van der Waals surface area (Å²) in [5, 5.41) is 3.18. The van der Waals surface area contributed by atoms with Crippen LogP contribution in [-0.2, 0) is 21.4 Å². The number of carbonyl (C=O) groups excluding carboxylic acids is 3. The maximum atomic E-state index is 14.4. The third-order valence-electron chi connectivity index (χ3n) is 6.99. The third-order valence-corrected chi connectivity index (χ3v) is 6.99. The highest BCUT2D eigenvalue weighted by atomic mass is 19.4. The summed E-state index contributed by atoms with van der Waals surface area (Å²) < 4.78 is 41.0. The van der Waals surface area contributed by atoms with Crippen molar-refractivity contribution in [2.75, 3.05) is 34.8 Å². The van der Waals surface area contributed by atoms with Crippen LogP contribution >= 0.6 is 0 Å². The standard InChI is InChI=1S/C28H25F3N4O3/c1-3-33(4-2)24(36)17-34-23-15-8-6-13-21(23)27(26(34)38)32-22-14-7-5-12-20(22)25(37)35(27)19-11-9-10-18(16-19)28(29,30)31/h5-16,32H,3-4,17H2,1-2H3/t27-/m1/s1. The van der Waals surface area contributed by atoms with Gasteiger partial charge in [-0.05, 0) is 50.2 Å². The number of likely N-dealkylation sites (N-methyl/N-ethyl adjacent to an activating group) is 1. The molecule has 1 N–H and O–H groups in total. The predicted octanol–water partition coefficient (Wildman–Crippen LogP) is 4.85. The minimum Gasteiger partial charge on any atom is -0.350 e. The molecule has 7 nitrogen and oxygen atoms in total. The number of nitrogens with zero attached hydrogens (tertiary/aromatic N) is 3. The Labute approximate surface area is 217 Å². The van der Waals surface area contributed by atoms with Crippen LogP contribution in [0.4, 0.5) is 30.2 Å². The van der Waals surface area contributed by atoms with Crippen molar-refractivity contribution in [3.63, 3.8) is 0 Å². The number of fused-ring (bicyclic) bond motifs is 3. The Balaban J connectivity index is 1.73. The summed E-state index contributed by atoms with van der Waals surface area (Å²) in [6, 6.07) is 17.5. The SMILES string of the molecule is CCN(CC)C(=O)CN1C(=O)[C@@]2(Nc3ccccc3C(=O)N2c2cccc(C(F)(F)F)c2)c2ccccc21. The van der Waals surface area contributed by atoms with Gasteiger partial charge in [0.25, 0.3) is 11.8 Å². The van der Waals surface area contributed by atoms with Crippen LogP contribution in [-0.4, -0.2) is 42.3 Å². The monoisotopic (exact) mass is 522 g/mol. The summed E-state index contributed by atoms with van der Waals surface area (Å²) in [6.07, 6.45) is -4.66. The number of hydrogen-bond acceptors (Lipinski definition) is 4. The number of hydrogen-bond donors (Lipinski definition) is 1. The Morgan fingerprint density at radius 2 is 1.63 bits per heavy atom. The molecule has 3 aromatic carbocycles. The Kier molecular flexibility index (Phi) is 6.13. The van der Waals surface area contributed by atoms with Crippen molar-refractivity contribution in [2.45, 2.75) is 25.7 Å². The molecule has 38 heavy (non-hydrogen) atoms. The zero-order valence-electron chi connectivity index (χ0n) is 20.7. The average Bonchev–Trinajstić information content (AvgIpc) is 3.12. The van der Waals surface area contributed by atoms with E-state index in [0.29, 0.717) is 30.0 Å². The summed E-state index contributed by atoms with van der Waals surface area (Å²) in [6.45, 7) is 4.27. The molecule has 0 radical (unpaired) electrons. The smallest absolute Gasteiger partial charge is 0.350 e. The van der Waals surface area contributed by atoms with E-state index in [9.17, 15) is 27.6 Å². The first-order valence-electron chi connectivity index (χ1n) is 12.2. The number of benzene rings is 3. The molecular weight excluding hydrogens is 497 g/mol. The van der Waals surface area contributed by atoms with Gasteiger partial charge in [0.1, 0.15) is 6.54 Å². The van der Waals surface area contributed by atoms with Crippen LogP contribution in [0.25, 0.3) is 0 Å². The number of halogens is 3. The van der Waals surface area contributed by atoms with Gasteiger partial charge in [-0.15, -0.1) is 0 Å². The first kappa shape index (κ1) is 25.3. The Hall–Kier alpha value is -4.34. The summed E-state index contributed by atoms with van der Waals surface area (Å²) in [7, 11) is 0. The second-order valence-corrected chi connectivity index (χ2v) is 9.04. The first-order chi connectivity index (χ1) is 18.1. The van der Waals surface area contributed by atoms with Gasteiger partial charge in [-0.2, -0.15) is 13.2 Å². The Bertz CT molecular complexity index is 1440.